The fraction of sp³-hybridized carbons (Fsp3) is 0.0800. The third-order valence-corrected chi connectivity index (χ3v) is 5.66. The summed E-state index contributed by atoms with van der Waals surface area (Å²) in [5, 5.41) is 5.79. The van der Waals surface area contributed by atoms with E-state index in [1.807, 2.05) is 61.5 Å². The number of anilines is 2. The van der Waals surface area contributed by atoms with Crippen LogP contribution in [0.3, 0.4) is 0 Å². The smallest absolute Gasteiger partial charge is 0.323 e. The van der Waals surface area contributed by atoms with Gasteiger partial charge in [0.25, 0.3) is 0 Å². The van der Waals surface area contributed by atoms with Crippen molar-refractivity contribution in [2.75, 3.05) is 10.6 Å². The summed E-state index contributed by atoms with van der Waals surface area (Å²) < 4.78 is 12.1. The van der Waals surface area contributed by atoms with Gasteiger partial charge in [-0.25, -0.2) is 14.8 Å². The zero-order chi connectivity index (χ0) is 22.8. The number of halogens is 1. The van der Waals surface area contributed by atoms with E-state index in [2.05, 4.69) is 26.6 Å². The maximum atomic E-state index is 12.6. The minimum absolute atomic E-state index is 0.335. The molecule has 0 aliphatic rings. The molecule has 33 heavy (non-hydrogen) atoms. The van der Waals surface area contributed by atoms with Crippen LogP contribution in [0.15, 0.2) is 86.5 Å². The average Bonchev–Trinajstić information content (AvgIpc) is 3.54. The minimum Gasteiger partial charge on any atom is -0.463 e. The lowest BCUT2D eigenvalue weighted by Gasteiger charge is -2.13. The van der Waals surface area contributed by atoms with Gasteiger partial charge in [-0.15, -0.1) is 0 Å². The number of hydrogen-bond donors (Lipinski definition) is 2. The molecule has 0 spiro atoms. The molecule has 5 rings (SSSR count). The number of amides is 2. The molecule has 0 aliphatic heterocycles. The topological polar surface area (TPSA) is 93.2 Å². The number of urea groups is 1. The van der Waals surface area contributed by atoms with E-state index in [0.29, 0.717) is 51.7 Å². The van der Waals surface area contributed by atoms with E-state index in [4.69, 9.17) is 18.8 Å². The number of carbonyl (C=O) groups excluding carboxylic acids is 1. The van der Waals surface area contributed by atoms with Crippen LogP contribution in [-0.4, -0.2) is 16.0 Å². The van der Waals surface area contributed by atoms with E-state index < -0.39 is 0 Å². The van der Waals surface area contributed by atoms with Crippen LogP contribution >= 0.6 is 15.9 Å². The number of carbonyl (C=O) groups is 1. The van der Waals surface area contributed by atoms with Crippen LogP contribution in [0.25, 0.3) is 33.9 Å². The van der Waals surface area contributed by atoms with E-state index in [-0.39, 0.29) is 6.03 Å². The average molecular weight is 503 g/mol. The molecule has 0 saturated carbocycles. The Morgan fingerprint density at radius 2 is 1.48 bits per heavy atom. The lowest BCUT2D eigenvalue weighted by atomic mass is 10.1. The second-order valence-electron chi connectivity index (χ2n) is 7.31. The molecule has 7 nitrogen and oxygen atoms in total. The highest BCUT2D eigenvalue weighted by molar-refractivity contribution is 9.10. The molecule has 0 atom stereocenters. The fourth-order valence-corrected chi connectivity index (χ4v) is 3.81. The van der Waals surface area contributed by atoms with Gasteiger partial charge in [0.1, 0.15) is 11.4 Å². The third-order valence-electron chi connectivity index (χ3n) is 5.13. The monoisotopic (exact) mass is 502 g/mol. The summed E-state index contributed by atoms with van der Waals surface area (Å²) in [5.41, 5.74) is 4.80. The SMILES string of the molecule is CCc1cc2nc(-c3ccco3)c(-c3ccco3)nc2cc1NC(=O)Nc1ccc(Br)cc1. The summed E-state index contributed by atoms with van der Waals surface area (Å²) in [4.78, 5) is 22.3. The first-order valence-corrected chi connectivity index (χ1v) is 11.2. The normalized spacial score (nSPS) is 11.0. The molecule has 0 unspecified atom stereocenters. The molecule has 0 saturated heterocycles. The van der Waals surface area contributed by atoms with E-state index in [1.54, 1.807) is 18.6 Å². The highest BCUT2D eigenvalue weighted by Gasteiger charge is 2.18. The molecule has 0 bridgehead atoms. The van der Waals surface area contributed by atoms with Gasteiger partial charge >= 0.3 is 6.03 Å². The van der Waals surface area contributed by atoms with Gasteiger partial charge in [-0.1, -0.05) is 22.9 Å². The lowest BCUT2D eigenvalue weighted by Crippen LogP contribution is -2.20. The minimum atomic E-state index is -0.335. The van der Waals surface area contributed by atoms with Crippen molar-refractivity contribution in [3.63, 3.8) is 0 Å². The Morgan fingerprint density at radius 1 is 0.879 bits per heavy atom. The molecular formula is C25H19BrN4O3. The number of aryl methyl sites for hydroxylation is 1. The van der Waals surface area contributed by atoms with Crippen molar-refractivity contribution in [1.82, 2.24) is 9.97 Å². The summed E-state index contributed by atoms with van der Waals surface area (Å²) in [6.45, 7) is 2.02. The van der Waals surface area contributed by atoms with Crippen molar-refractivity contribution in [2.24, 2.45) is 0 Å². The van der Waals surface area contributed by atoms with E-state index in [1.165, 1.54) is 0 Å². The summed E-state index contributed by atoms with van der Waals surface area (Å²) in [6.07, 6.45) is 3.90. The Bertz CT molecular complexity index is 1410. The maximum absolute atomic E-state index is 12.6. The maximum Gasteiger partial charge on any atom is 0.323 e. The molecule has 0 aliphatic carbocycles. The van der Waals surface area contributed by atoms with E-state index in [0.717, 1.165) is 10.0 Å². The summed E-state index contributed by atoms with van der Waals surface area (Å²) in [5.74, 6) is 1.18. The van der Waals surface area contributed by atoms with Gasteiger partial charge in [-0.3, -0.25) is 0 Å². The number of rotatable bonds is 5. The van der Waals surface area contributed by atoms with Crippen LogP contribution in [0.1, 0.15) is 12.5 Å². The van der Waals surface area contributed by atoms with E-state index >= 15 is 0 Å². The van der Waals surface area contributed by atoms with Crippen LogP contribution < -0.4 is 10.6 Å². The molecular weight excluding hydrogens is 484 g/mol. The number of nitrogens with one attached hydrogen (secondary N) is 2. The Hall–Kier alpha value is -3.91. The van der Waals surface area contributed by atoms with Gasteiger partial charge in [0.2, 0.25) is 0 Å². The second-order valence-corrected chi connectivity index (χ2v) is 8.23. The van der Waals surface area contributed by atoms with Gasteiger partial charge < -0.3 is 19.5 Å². The first kappa shape index (κ1) is 21.0. The number of benzene rings is 2. The van der Waals surface area contributed by atoms with Crippen LogP contribution in [0.2, 0.25) is 0 Å². The number of furan rings is 2. The summed E-state index contributed by atoms with van der Waals surface area (Å²) >= 11 is 3.39. The number of hydrogen-bond acceptors (Lipinski definition) is 5. The molecule has 0 fully saturated rings. The Morgan fingerprint density at radius 3 is 2.03 bits per heavy atom. The van der Waals surface area contributed by atoms with Gasteiger partial charge in [0.15, 0.2) is 11.5 Å². The predicted molar refractivity (Wildman–Crippen MR) is 131 cm³/mol. The second kappa shape index (κ2) is 8.91. The molecule has 2 aromatic carbocycles. The van der Waals surface area contributed by atoms with Crippen molar-refractivity contribution in [3.8, 4) is 22.9 Å². The first-order valence-electron chi connectivity index (χ1n) is 10.4. The standard InChI is InChI=1S/C25H19BrN4O3/c1-2-15-13-19-20(14-18(15)30-25(31)27-17-9-7-16(26)8-10-17)29-24(22-6-4-12-33-22)23(28-19)21-5-3-11-32-21/h3-14H,2H2,1H3,(H2,27,30,31). The van der Waals surface area contributed by atoms with E-state index in [9.17, 15) is 4.79 Å². The largest absolute Gasteiger partial charge is 0.463 e. The highest BCUT2D eigenvalue weighted by Crippen LogP contribution is 2.33. The molecule has 164 valence electrons. The van der Waals surface area contributed by atoms with Gasteiger partial charge in [-0.2, -0.15) is 0 Å². The highest BCUT2D eigenvalue weighted by atomic mass is 79.9. The Labute approximate surface area is 198 Å². The Balaban J connectivity index is 1.54. The van der Waals surface area contributed by atoms with Crippen LogP contribution in [0.4, 0.5) is 16.2 Å². The summed E-state index contributed by atoms with van der Waals surface area (Å²) in [7, 11) is 0. The molecule has 8 heteroatoms. The van der Waals surface area contributed by atoms with Crippen molar-refractivity contribution in [1.29, 1.82) is 0 Å². The van der Waals surface area contributed by atoms with Crippen molar-refractivity contribution in [2.45, 2.75) is 13.3 Å². The molecule has 3 heterocycles. The van der Waals surface area contributed by atoms with Crippen LogP contribution in [0.5, 0.6) is 0 Å². The zero-order valence-corrected chi connectivity index (χ0v) is 19.2. The third kappa shape index (κ3) is 4.38. The fourth-order valence-electron chi connectivity index (χ4n) is 3.54. The number of aromatic nitrogens is 2. The molecule has 2 amide bonds. The van der Waals surface area contributed by atoms with Crippen molar-refractivity contribution >= 4 is 44.4 Å². The molecule has 2 N–H and O–H groups in total. The quantitative estimate of drug-likeness (QED) is 0.266. The van der Waals surface area contributed by atoms with Gasteiger partial charge in [0, 0.05) is 15.8 Å². The number of fused-ring (bicyclic) bond motifs is 1. The predicted octanol–water partition coefficient (Wildman–Crippen LogP) is 7.12. The van der Waals surface area contributed by atoms with Crippen molar-refractivity contribution < 1.29 is 13.6 Å². The molecule has 0 radical (unpaired) electrons. The Kier molecular flexibility index (Phi) is 5.66. The zero-order valence-electron chi connectivity index (χ0n) is 17.6. The van der Waals surface area contributed by atoms with Crippen molar-refractivity contribution in [3.05, 3.63) is 83.2 Å². The summed E-state index contributed by atoms with van der Waals surface area (Å²) in [6, 6.07) is 18.1. The lowest BCUT2D eigenvalue weighted by molar-refractivity contribution is 0.262. The number of nitrogens with zero attached hydrogens (tertiary/aromatic N) is 2. The van der Waals surface area contributed by atoms with Gasteiger partial charge in [-0.05, 0) is 72.6 Å². The van der Waals surface area contributed by atoms with Gasteiger partial charge in [0.05, 0.1) is 23.6 Å². The molecule has 3 aromatic heterocycles. The van der Waals surface area contributed by atoms with Crippen LogP contribution in [-0.2, 0) is 6.42 Å². The molecule has 5 aromatic rings. The first-order chi connectivity index (χ1) is 16.1. The van der Waals surface area contributed by atoms with Crippen LogP contribution in [0, 0.1) is 0 Å².